The summed E-state index contributed by atoms with van der Waals surface area (Å²) in [5.74, 6) is 0.403. The lowest BCUT2D eigenvalue weighted by Gasteiger charge is -2.11. The first-order chi connectivity index (χ1) is 12.0. The Hall–Kier alpha value is -2.24. The molecule has 2 aromatic carbocycles. The van der Waals surface area contributed by atoms with Gasteiger partial charge in [-0.05, 0) is 61.9 Å². The standard InChI is InChI=1S/C18H18Cl2N2O3/c1-3-24-15-7-4-13(5-8-15)11-21-25-12(2)18(23)22-17-10-14(19)6-9-16(17)20/h4-12H,3H2,1-2H3,(H,22,23)/b21-11-/t12-/m1/s1. The minimum atomic E-state index is -0.797. The van der Waals surface area contributed by atoms with Crippen LogP contribution < -0.4 is 10.1 Å². The summed E-state index contributed by atoms with van der Waals surface area (Å²) in [7, 11) is 0. The van der Waals surface area contributed by atoms with E-state index in [9.17, 15) is 4.79 Å². The number of amides is 1. The number of nitrogens with zero attached hydrogens (tertiary/aromatic N) is 1. The molecule has 0 saturated carbocycles. The Morgan fingerprint density at radius 3 is 2.64 bits per heavy atom. The molecule has 0 radical (unpaired) electrons. The molecule has 0 aromatic heterocycles. The lowest BCUT2D eigenvalue weighted by Crippen LogP contribution is -2.26. The van der Waals surface area contributed by atoms with E-state index in [-0.39, 0.29) is 5.91 Å². The van der Waals surface area contributed by atoms with Crippen molar-refractivity contribution >= 4 is 41.0 Å². The summed E-state index contributed by atoms with van der Waals surface area (Å²) < 4.78 is 5.36. The molecule has 0 heterocycles. The second kappa shape index (κ2) is 9.30. The molecule has 1 N–H and O–H groups in total. The molecule has 25 heavy (non-hydrogen) atoms. The molecular formula is C18H18Cl2N2O3. The van der Waals surface area contributed by atoms with Crippen molar-refractivity contribution in [3.63, 3.8) is 0 Å². The Kier molecular flexibility index (Phi) is 7.10. The molecule has 0 aliphatic carbocycles. The highest BCUT2D eigenvalue weighted by atomic mass is 35.5. The summed E-state index contributed by atoms with van der Waals surface area (Å²) in [5.41, 5.74) is 1.25. The van der Waals surface area contributed by atoms with Gasteiger partial charge < -0.3 is 14.9 Å². The molecule has 0 fully saturated rings. The molecule has 0 saturated heterocycles. The Morgan fingerprint density at radius 1 is 1.24 bits per heavy atom. The SMILES string of the molecule is CCOc1ccc(/C=N\O[C@H](C)C(=O)Nc2cc(Cl)ccc2Cl)cc1. The Bertz CT molecular complexity index is 748. The summed E-state index contributed by atoms with van der Waals surface area (Å²) >= 11 is 11.9. The predicted molar refractivity (Wildman–Crippen MR) is 101 cm³/mol. The van der Waals surface area contributed by atoms with Crippen LogP contribution in [-0.2, 0) is 9.63 Å². The third-order valence-corrected chi connectivity index (χ3v) is 3.73. The van der Waals surface area contributed by atoms with Gasteiger partial charge >= 0.3 is 0 Å². The maximum Gasteiger partial charge on any atom is 0.268 e. The fourth-order valence-corrected chi connectivity index (χ4v) is 2.21. The molecule has 1 atom stereocenters. The minimum Gasteiger partial charge on any atom is -0.494 e. The van der Waals surface area contributed by atoms with Gasteiger partial charge in [-0.25, -0.2) is 0 Å². The van der Waals surface area contributed by atoms with E-state index in [1.807, 2.05) is 31.2 Å². The van der Waals surface area contributed by atoms with Crippen molar-refractivity contribution in [2.45, 2.75) is 20.0 Å². The van der Waals surface area contributed by atoms with E-state index in [1.165, 1.54) is 6.21 Å². The van der Waals surface area contributed by atoms with Crippen LogP contribution in [-0.4, -0.2) is 24.8 Å². The van der Waals surface area contributed by atoms with E-state index >= 15 is 0 Å². The number of ether oxygens (including phenoxy) is 1. The molecule has 0 aliphatic heterocycles. The molecule has 0 unspecified atom stereocenters. The number of halogens is 2. The van der Waals surface area contributed by atoms with Crippen molar-refractivity contribution in [1.29, 1.82) is 0 Å². The van der Waals surface area contributed by atoms with E-state index in [0.29, 0.717) is 22.3 Å². The summed E-state index contributed by atoms with van der Waals surface area (Å²) in [6.45, 7) is 4.12. The largest absolute Gasteiger partial charge is 0.494 e. The fourth-order valence-electron chi connectivity index (χ4n) is 1.87. The van der Waals surface area contributed by atoms with Crippen LogP contribution in [0.4, 0.5) is 5.69 Å². The minimum absolute atomic E-state index is 0.381. The maximum atomic E-state index is 12.1. The van der Waals surface area contributed by atoms with Gasteiger partial charge in [-0.15, -0.1) is 0 Å². The van der Waals surface area contributed by atoms with E-state index in [0.717, 1.165) is 11.3 Å². The van der Waals surface area contributed by atoms with Crippen molar-refractivity contribution in [3.8, 4) is 5.75 Å². The lowest BCUT2D eigenvalue weighted by atomic mass is 10.2. The van der Waals surface area contributed by atoms with Crippen molar-refractivity contribution < 1.29 is 14.4 Å². The highest BCUT2D eigenvalue weighted by Gasteiger charge is 2.15. The summed E-state index contributed by atoms with van der Waals surface area (Å²) in [6.07, 6.45) is 0.722. The first-order valence-corrected chi connectivity index (χ1v) is 8.43. The molecule has 0 aliphatic rings. The average molecular weight is 381 g/mol. The second-order valence-electron chi connectivity index (χ2n) is 5.10. The van der Waals surface area contributed by atoms with E-state index in [2.05, 4.69) is 10.5 Å². The van der Waals surface area contributed by atoms with Crippen molar-refractivity contribution in [1.82, 2.24) is 0 Å². The maximum absolute atomic E-state index is 12.1. The fraction of sp³-hybridized carbons (Fsp3) is 0.222. The number of anilines is 1. The summed E-state index contributed by atoms with van der Waals surface area (Å²) in [4.78, 5) is 17.3. The van der Waals surface area contributed by atoms with Crippen LogP contribution in [0.3, 0.4) is 0 Å². The predicted octanol–water partition coefficient (Wildman–Crippen LogP) is 4.77. The van der Waals surface area contributed by atoms with Crippen LogP contribution in [0.5, 0.6) is 5.75 Å². The third kappa shape index (κ3) is 5.96. The quantitative estimate of drug-likeness (QED) is 0.555. The molecule has 7 heteroatoms. The average Bonchev–Trinajstić information content (AvgIpc) is 2.59. The third-order valence-electron chi connectivity index (χ3n) is 3.17. The van der Waals surface area contributed by atoms with Gasteiger partial charge in [0.05, 0.1) is 23.5 Å². The second-order valence-corrected chi connectivity index (χ2v) is 5.94. The van der Waals surface area contributed by atoms with Gasteiger partial charge in [-0.2, -0.15) is 0 Å². The number of carbonyl (C=O) groups is 1. The molecule has 0 bridgehead atoms. The van der Waals surface area contributed by atoms with Gasteiger partial charge in [0, 0.05) is 5.02 Å². The normalized spacial score (nSPS) is 12.0. The van der Waals surface area contributed by atoms with Gasteiger partial charge in [0.2, 0.25) is 6.10 Å². The van der Waals surface area contributed by atoms with Gasteiger partial charge in [0.15, 0.2) is 0 Å². The zero-order chi connectivity index (χ0) is 18.2. The Morgan fingerprint density at radius 2 is 1.96 bits per heavy atom. The zero-order valence-electron chi connectivity index (χ0n) is 13.8. The van der Waals surface area contributed by atoms with Crippen LogP contribution in [0.15, 0.2) is 47.6 Å². The lowest BCUT2D eigenvalue weighted by molar-refractivity contribution is -0.126. The molecule has 1 amide bonds. The number of rotatable bonds is 7. The summed E-state index contributed by atoms with van der Waals surface area (Å²) in [6, 6.07) is 12.2. The number of nitrogens with one attached hydrogen (secondary N) is 1. The molecule has 5 nitrogen and oxygen atoms in total. The number of benzene rings is 2. The monoisotopic (exact) mass is 380 g/mol. The van der Waals surface area contributed by atoms with Crippen LogP contribution >= 0.6 is 23.2 Å². The van der Waals surface area contributed by atoms with Crippen LogP contribution in [0.2, 0.25) is 10.0 Å². The van der Waals surface area contributed by atoms with Crippen molar-refractivity contribution in [3.05, 3.63) is 58.1 Å². The molecule has 132 valence electrons. The van der Waals surface area contributed by atoms with Gasteiger partial charge in [0.25, 0.3) is 5.91 Å². The van der Waals surface area contributed by atoms with E-state index in [4.69, 9.17) is 32.8 Å². The number of oxime groups is 1. The highest BCUT2D eigenvalue weighted by molar-refractivity contribution is 6.35. The number of hydrogen-bond donors (Lipinski definition) is 1. The first kappa shape index (κ1) is 19.1. The molecular weight excluding hydrogens is 363 g/mol. The van der Waals surface area contributed by atoms with Crippen LogP contribution in [0.1, 0.15) is 19.4 Å². The Labute approximate surface area is 156 Å². The van der Waals surface area contributed by atoms with Crippen LogP contribution in [0.25, 0.3) is 0 Å². The van der Waals surface area contributed by atoms with E-state index < -0.39 is 6.10 Å². The molecule has 2 rings (SSSR count). The number of carbonyl (C=O) groups excluding carboxylic acids is 1. The zero-order valence-corrected chi connectivity index (χ0v) is 15.3. The Balaban J connectivity index is 1.89. The van der Waals surface area contributed by atoms with Crippen molar-refractivity contribution in [2.24, 2.45) is 5.16 Å². The van der Waals surface area contributed by atoms with E-state index in [1.54, 1.807) is 25.1 Å². The smallest absolute Gasteiger partial charge is 0.268 e. The topological polar surface area (TPSA) is 59.9 Å². The first-order valence-electron chi connectivity index (χ1n) is 7.67. The molecule has 2 aromatic rings. The number of hydrogen-bond acceptors (Lipinski definition) is 4. The van der Waals surface area contributed by atoms with Crippen LogP contribution in [0, 0.1) is 0 Å². The van der Waals surface area contributed by atoms with Gasteiger partial charge in [0.1, 0.15) is 5.75 Å². The highest BCUT2D eigenvalue weighted by Crippen LogP contribution is 2.25. The molecule has 0 spiro atoms. The van der Waals surface area contributed by atoms with Crippen molar-refractivity contribution in [2.75, 3.05) is 11.9 Å². The van der Waals surface area contributed by atoms with Gasteiger partial charge in [-0.3, -0.25) is 4.79 Å². The summed E-state index contributed by atoms with van der Waals surface area (Å²) in [5, 5.41) is 7.35. The van der Waals surface area contributed by atoms with Gasteiger partial charge in [-0.1, -0.05) is 28.4 Å².